The van der Waals surface area contributed by atoms with Crippen LogP contribution >= 0.6 is 36.4 Å². The Morgan fingerprint density at radius 2 is 1.77 bits per heavy atom. The Kier molecular flexibility index (Phi) is 9.38. The molecule has 1 aliphatic rings. The summed E-state index contributed by atoms with van der Waals surface area (Å²) < 4.78 is 5.40. The number of ether oxygens (including phenoxy) is 1. The van der Waals surface area contributed by atoms with E-state index in [4.69, 9.17) is 32.0 Å². The van der Waals surface area contributed by atoms with Crippen LogP contribution in [-0.2, 0) is 0 Å². The minimum Gasteiger partial charge on any atom is -0.497 e. The summed E-state index contributed by atoms with van der Waals surface area (Å²) in [7, 11) is 1.66. The van der Waals surface area contributed by atoms with Crippen molar-refractivity contribution in [3.63, 3.8) is 0 Å². The van der Waals surface area contributed by atoms with Crippen LogP contribution < -0.4 is 15.8 Å². The fraction of sp³-hybridized carbons (Fsp3) is 0.304. The van der Waals surface area contributed by atoms with Crippen molar-refractivity contribution >= 4 is 65.3 Å². The van der Waals surface area contributed by atoms with Gasteiger partial charge in [0.15, 0.2) is 5.82 Å². The maximum Gasteiger partial charge on any atom is 0.154 e. The predicted molar refractivity (Wildman–Crippen MR) is 135 cm³/mol. The largest absolute Gasteiger partial charge is 0.497 e. The number of hydrogen-bond acceptors (Lipinski definition) is 5. The second kappa shape index (κ2) is 11.5. The van der Waals surface area contributed by atoms with Crippen molar-refractivity contribution in [3.8, 4) is 5.75 Å². The summed E-state index contributed by atoms with van der Waals surface area (Å²) in [5.74, 6) is 2.22. The molecule has 1 aromatic heterocycles. The van der Waals surface area contributed by atoms with Crippen molar-refractivity contribution in [2.45, 2.75) is 37.8 Å². The number of rotatable bonds is 5. The quantitative estimate of drug-likeness (QED) is 0.468. The van der Waals surface area contributed by atoms with Crippen LogP contribution in [0.15, 0.2) is 42.5 Å². The van der Waals surface area contributed by atoms with Crippen LogP contribution in [0.3, 0.4) is 0 Å². The van der Waals surface area contributed by atoms with Crippen LogP contribution in [0.4, 0.5) is 5.82 Å². The van der Waals surface area contributed by atoms with E-state index in [1.165, 1.54) is 12.8 Å². The molecule has 2 aromatic carbocycles. The molecule has 0 bridgehead atoms. The zero-order valence-corrected chi connectivity index (χ0v) is 19.6. The van der Waals surface area contributed by atoms with Crippen molar-refractivity contribution in [2.24, 2.45) is 5.73 Å². The van der Waals surface area contributed by atoms with E-state index >= 15 is 0 Å². The van der Waals surface area contributed by atoms with Crippen LogP contribution in [0.5, 0.6) is 5.75 Å². The molecule has 2 atom stereocenters. The van der Waals surface area contributed by atoms with Crippen molar-refractivity contribution in [3.05, 3.63) is 58.9 Å². The summed E-state index contributed by atoms with van der Waals surface area (Å²) in [6.07, 6.45) is 8.35. The lowest BCUT2D eigenvalue weighted by Crippen LogP contribution is -2.42. The van der Waals surface area contributed by atoms with E-state index in [1.54, 1.807) is 7.11 Å². The van der Waals surface area contributed by atoms with Gasteiger partial charge >= 0.3 is 0 Å². The van der Waals surface area contributed by atoms with Gasteiger partial charge in [-0.2, -0.15) is 0 Å². The standard InChI is InChI=1S/C23H25ClN4O.2ClH/c1-29-17-11-12-20-18(14-17)23(27-21-5-3-2-4-19(21)25)28-22(26-20)13-8-15-6-9-16(24)10-7-15;;/h6-14,19,21H,2-5,25H2,1H3,(H,26,27,28);2*1H/b13-8-;;. The molecular formula is C23H27Cl3N4O. The molecule has 1 heterocycles. The lowest BCUT2D eigenvalue weighted by atomic mass is 9.91. The first-order valence-electron chi connectivity index (χ1n) is 9.94. The van der Waals surface area contributed by atoms with Crippen molar-refractivity contribution in [1.29, 1.82) is 0 Å². The second-order valence-corrected chi connectivity index (χ2v) is 7.83. The first-order chi connectivity index (χ1) is 14.1. The Bertz CT molecular complexity index is 1030. The monoisotopic (exact) mass is 480 g/mol. The average Bonchev–Trinajstić information content (AvgIpc) is 2.74. The molecule has 166 valence electrons. The van der Waals surface area contributed by atoms with Gasteiger partial charge in [-0.1, -0.05) is 42.7 Å². The molecule has 0 aliphatic heterocycles. The van der Waals surface area contributed by atoms with E-state index in [-0.39, 0.29) is 36.9 Å². The number of methoxy groups -OCH3 is 1. The van der Waals surface area contributed by atoms with Gasteiger partial charge < -0.3 is 15.8 Å². The lowest BCUT2D eigenvalue weighted by Gasteiger charge is -2.30. The van der Waals surface area contributed by atoms with E-state index in [0.29, 0.717) is 10.8 Å². The molecule has 8 heteroatoms. The topological polar surface area (TPSA) is 73.1 Å². The Labute approximate surface area is 200 Å². The summed E-state index contributed by atoms with van der Waals surface area (Å²) >= 11 is 5.97. The number of nitrogens with two attached hydrogens (primary N) is 1. The first kappa shape index (κ1) is 25.2. The van der Waals surface area contributed by atoms with Gasteiger partial charge in [-0.3, -0.25) is 0 Å². The van der Waals surface area contributed by atoms with Crippen LogP contribution in [0, 0.1) is 0 Å². The van der Waals surface area contributed by atoms with E-state index in [2.05, 4.69) is 5.32 Å². The van der Waals surface area contributed by atoms with Crippen molar-refractivity contribution < 1.29 is 4.74 Å². The predicted octanol–water partition coefficient (Wildman–Crippen LogP) is 5.99. The zero-order chi connectivity index (χ0) is 20.2. The lowest BCUT2D eigenvalue weighted by molar-refractivity contribution is 0.403. The molecule has 0 amide bonds. The number of nitrogens with zero attached hydrogens (tertiary/aromatic N) is 2. The molecule has 1 saturated carbocycles. The van der Waals surface area contributed by atoms with E-state index in [9.17, 15) is 0 Å². The molecule has 1 aliphatic carbocycles. The van der Waals surface area contributed by atoms with Gasteiger partial charge in [-0.25, -0.2) is 9.97 Å². The molecule has 0 spiro atoms. The van der Waals surface area contributed by atoms with Gasteiger partial charge in [0.25, 0.3) is 0 Å². The Balaban J connectivity index is 0.00000171. The summed E-state index contributed by atoms with van der Waals surface area (Å²) in [5, 5.41) is 5.24. The molecule has 3 aromatic rings. The van der Waals surface area contributed by atoms with Gasteiger partial charge in [-0.05, 0) is 54.8 Å². The fourth-order valence-electron chi connectivity index (χ4n) is 3.70. The van der Waals surface area contributed by atoms with E-state index in [0.717, 1.165) is 40.9 Å². The van der Waals surface area contributed by atoms with Gasteiger partial charge in [-0.15, -0.1) is 24.8 Å². The van der Waals surface area contributed by atoms with Crippen LogP contribution in [-0.4, -0.2) is 29.2 Å². The molecule has 5 nitrogen and oxygen atoms in total. The SMILES string of the molecule is COc1ccc2nc(/C=C\c3ccc(Cl)cc3)nc(NC3CCCCC3N)c2c1.Cl.Cl. The van der Waals surface area contributed by atoms with Gasteiger partial charge in [0, 0.05) is 22.5 Å². The number of fused-ring (bicyclic) bond motifs is 1. The Morgan fingerprint density at radius 1 is 1.03 bits per heavy atom. The third kappa shape index (κ3) is 6.23. The fourth-order valence-corrected chi connectivity index (χ4v) is 3.82. The molecule has 0 saturated heterocycles. The second-order valence-electron chi connectivity index (χ2n) is 7.40. The van der Waals surface area contributed by atoms with Gasteiger partial charge in [0.05, 0.1) is 12.6 Å². The number of anilines is 1. The molecular weight excluding hydrogens is 455 g/mol. The third-order valence-corrected chi connectivity index (χ3v) is 5.61. The summed E-state index contributed by atoms with van der Waals surface area (Å²) in [6.45, 7) is 0. The van der Waals surface area contributed by atoms with Crippen molar-refractivity contribution in [1.82, 2.24) is 9.97 Å². The van der Waals surface area contributed by atoms with Crippen LogP contribution in [0.25, 0.3) is 23.1 Å². The molecule has 4 rings (SSSR count). The Hall–Kier alpha value is -2.05. The summed E-state index contributed by atoms with van der Waals surface area (Å²) in [4.78, 5) is 9.50. The maximum absolute atomic E-state index is 6.36. The number of halogens is 3. The molecule has 1 fully saturated rings. The number of nitrogens with one attached hydrogen (secondary N) is 1. The molecule has 2 unspecified atom stereocenters. The average molecular weight is 482 g/mol. The highest BCUT2D eigenvalue weighted by atomic mass is 35.5. The molecule has 0 radical (unpaired) electrons. The van der Waals surface area contributed by atoms with Crippen LogP contribution in [0.2, 0.25) is 5.02 Å². The minimum atomic E-state index is 0. The minimum absolute atomic E-state index is 0. The number of aromatic nitrogens is 2. The summed E-state index contributed by atoms with van der Waals surface area (Å²) in [6, 6.07) is 13.8. The maximum atomic E-state index is 6.36. The first-order valence-corrected chi connectivity index (χ1v) is 10.3. The number of hydrogen-bond donors (Lipinski definition) is 2. The third-order valence-electron chi connectivity index (χ3n) is 5.36. The highest BCUT2D eigenvalue weighted by Crippen LogP contribution is 2.28. The zero-order valence-electron chi connectivity index (χ0n) is 17.3. The van der Waals surface area contributed by atoms with Crippen LogP contribution in [0.1, 0.15) is 37.1 Å². The molecule has 3 N–H and O–H groups in total. The summed E-state index contributed by atoms with van der Waals surface area (Å²) in [5.41, 5.74) is 8.26. The van der Waals surface area contributed by atoms with Gasteiger partial charge in [0.2, 0.25) is 0 Å². The van der Waals surface area contributed by atoms with Crippen molar-refractivity contribution in [2.75, 3.05) is 12.4 Å². The smallest absolute Gasteiger partial charge is 0.154 e. The normalized spacial score (nSPS) is 18.3. The van der Waals surface area contributed by atoms with Gasteiger partial charge in [0.1, 0.15) is 11.6 Å². The highest BCUT2D eigenvalue weighted by Gasteiger charge is 2.23. The highest BCUT2D eigenvalue weighted by molar-refractivity contribution is 6.30. The van der Waals surface area contributed by atoms with E-state index < -0.39 is 0 Å². The number of benzene rings is 2. The van der Waals surface area contributed by atoms with E-state index in [1.807, 2.05) is 54.6 Å². The Morgan fingerprint density at radius 3 is 2.48 bits per heavy atom. The molecule has 31 heavy (non-hydrogen) atoms.